The Labute approximate surface area is 69.4 Å². The summed E-state index contributed by atoms with van der Waals surface area (Å²) in [5.74, 6) is -0.267. The Bertz CT molecular complexity index is 123. The summed E-state index contributed by atoms with van der Waals surface area (Å²) in [5, 5.41) is 0. The van der Waals surface area contributed by atoms with Crippen molar-refractivity contribution in [2.75, 3.05) is 0 Å². The van der Waals surface area contributed by atoms with Crippen LogP contribution >= 0.6 is 15.9 Å². The van der Waals surface area contributed by atoms with Crippen LogP contribution in [0.2, 0.25) is 0 Å². The number of alkyl halides is 1. The molecule has 0 bridgehead atoms. The van der Waals surface area contributed by atoms with Crippen LogP contribution in [0.4, 0.5) is 0 Å². The summed E-state index contributed by atoms with van der Waals surface area (Å²) in [5.41, 5.74) is 0. The Balaban J connectivity index is 3.58. The average Bonchev–Trinajstić information content (AvgIpc) is 1.89. The Morgan fingerprint density at radius 1 is 1.90 bits per heavy atom. The first kappa shape index (κ1) is 9.69. The molecule has 0 rings (SSSR count). The topological polar surface area (TPSA) is 26.3 Å². The van der Waals surface area contributed by atoms with E-state index in [1.165, 1.54) is 0 Å². The average molecular weight is 207 g/mol. The molecule has 0 aromatic carbocycles. The molecular weight excluding hydrogens is 196 g/mol. The second-order valence-electron chi connectivity index (χ2n) is 1.86. The molecule has 0 aromatic heterocycles. The lowest BCUT2D eigenvalue weighted by Gasteiger charge is -2.03. The molecule has 1 unspecified atom stereocenters. The van der Waals surface area contributed by atoms with Crippen molar-refractivity contribution in [2.45, 2.75) is 24.6 Å². The van der Waals surface area contributed by atoms with Crippen molar-refractivity contribution in [3.8, 4) is 0 Å². The van der Waals surface area contributed by atoms with E-state index >= 15 is 0 Å². The smallest absolute Gasteiger partial charge is 0.324 e. The third-order valence-corrected chi connectivity index (χ3v) is 1.83. The molecule has 0 N–H and O–H groups in total. The van der Waals surface area contributed by atoms with Gasteiger partial charge in [0.2, 0.25) is 0 Å². The summed E-state index contributed by atoms with van der Waals surface area (Å²) < 4.78 is 4.53. The number of hydrogen-bond acceptors (Lipinski definition) is 2. The van der Waals surface area contributed by atoms with Crippen molar-refractivity contribution in [3.05, 3.63) is 12.8 Å². The largest absolute Gasteiger partial charge is 0.434 e. The van der Waals surface area contributed by atoms with Crippen LogP contribution in [-0.2, 0) is 9.53 Å². The van der Waals surface area contributed by atoms with Gasteiger partial charge in [0, 0.05) is 0 Å². The summed E-state index contributed by atoms with van der Waals surface area (Å²) in [4.78, 5) is 10.6. The highest BCUT2D eigenvalue weighted by Gasteiger charge is 2.13. The lowest BCUT2D eigenvalue weighted by atomic mass is 10.2. The molecule has 2 nitrogen and oxygen atoms in total. The molecule has 0 saturated carbocycles. The zero-order valence-electron chi connectivity index (χ0n) is 5.97. The monoisotopic (exact) mass is 206 g/mol. The van der Waals surface area contributed by atoms with E-state index in [4.69, 9.17) is 0 Å². The van der Waals surface area contributed by atoms with Crippen LogP contribution in [0, 0.1) is 0 Å². The lowest BCUT2D eigenvalue weighted by molar-refractivity contribution is -0.137. The van der Waals surface area contributed by atoms with E-state index in [1.54, 1.807) is 0 Å². The Hall–Kier alpha value is -0.310. The SMILES string of the molecule is C=COC(=O)C(Br)CCC. The predicted octanol–water partition coefficient (Wildman–Crippen LogP) is 2.24. The van der Waals surface area contributed by atoms with Crippen molar-refractivity contribution < 1.29 is 9.53 Å². The van der Waals surface area contributed by atoms with Gasteiger partial charge in [-0.1, -0.05) is 35.9 Å². The molecule has 0 fully saturated rings. The highest BCUT2D eigenvalue weighted by atomic mass is 79.9. The van der Waals surface area contributed by atoms with Crippen LogP contribution < -0.4 is 0 Å². The van der Waals surface area contributed by atoms with Crippen molar-refractivity contribution in [1.29, 1.82) is 0 Å². The van der Waals surface area contributed by atoms with Gasteiger partial charge in [-0.25, -0.2) is 0 Å². The number of halogens is 1. The molecule has 3 heteroatoms. The minimum absolute atomic E-state index is 0.185. The van der Waals surface area contributed by atoms with Crippen LogP contribution in [0.25, 0.3) is 0 Å². The quantitative estimate of drug-likeness (QED) is 0.401. The van der Waals surface area contributed by atoms with Gasteiger partial charge in [0.25, 0.3) is 0 Å². The minimum atomic E-state index is -0.267. The van der Waals surface area contributed by atoms with E-state index in [0.29, 0.717) is 0 Å². The van der Waals surface area contributed by atoms with E-state index in [1.807, 2.05) is 6.92 Å². The predicted molar refractivity (Wildman–Crippen MR) is 43.9 cm³/mol. The highest BCUT2D eigenvalue weighted by Crippen LogP contribution is 2.09. The highest BCUT2D eigenvalue weighted by molar-refractivity contribution is 9.10. The Kier molecular flexibility index (Phi) is 5.30. The molecule has 1 atom stereocenters. The molecule has 0 aliphatic heterocycles. The normalized spacial score (nSPS) is 12.2. The van der Waals surface area contributed by atoms with Gasteiger partial charge in [-0.15, -0.1) is 0 Å². The zero-order chi connectivity index (χ0) is 7.98. The third kappa shape index (κ3) is 3.67. The maximum atomic E-state index is 10.8. The van der Waals surface area contributed by atoms with Crippen molar-refractivity contribution >= 4 is 21.9 Å². The number of carbonyl (C=O) groups is 1. The Morgan fingerprint density at radius 3 is 2.90 bits per heavy atom. The first-order chi connectivity index (χ1) is 4.72. The van der Waals surface area contributed by atoms with E-state index < -0.39 is 0 Å². The maximum Gasteiger partial charge on any atom is 0.324 e. The van der Waals surface area contributed by atoms with Crippen LogP contribution in [0.15, 0.2) is 12.8 Å². The van der Waals surface area contributed by atoms with Gasteiger partial charge in [0.1, 0.15) is 4.83 Å². The van der Waals surface area contributed by atoms with E-state index in [2.05, 4.69) is 27.2 Å². The fourth-order valence-corrected chi connectivity index (χ4v) is 1.09. The molecule has 0 aromatic rings. The summed E-state index contributed by atoms with van der Waals surface area (Å²) in [6.07, 6.45) is 2.90. The van der Waals surface area contributed by atoms with E-state index in [9.17, 15) is 4.79 Å². The first-order valence-electron chi connectivity index (χ1n) is 3.17. The first-order valence-corrected chi connectivity index (χ1v) is 4.09. The molecule has 0 amide bonds. The number of rotatable bonds is 4. The van der Waals surface area contributed by atoms with E-state index in [0.717, 1.165) is 19.1 Å². The zero-order valence-corrected chi connectivity index (χ0v) is 7.56. The van der Waals surface area contributed by atoms with Gasteiger partial charge in [-0.3, -0.25) is 4.79 Å². The van der Waals surface area contributed by atoms with Gasteiger partial charge < -0.3 is 4.74 Å². The standard InChI is InChI=1S/C7H11BrO2/c1-3-5-6(8)7(9)10-4-2/h4,6H,2-3,5H2,1H3. The van der Waals surface area contributed by atoms with Gasteiger partial charge in [-0.05, 0) is 6.42 Å². The minimum Gasteiger partial charge on any atom is -0.434 e. The molecule has 0 radical (unpaired) electrons. The summed E-state index contributed by atoms with van der Waals surface area (Å²) in [6.45, 7) is 5.29. The lowest BCUT2D eigenvalue weighted by Crippen LogP contribution is -2.14. The number of esters is 1. The summed E-state index contributed by atoms with van der Waals surface area (Å²) >= 11 is 3.18. The molecule has 0 heterocycles. The van der Waals surface area contributed by atoms with Crippen LogP contribution in [0.1, 0.15) is 19.8 Å². The molecule has 0 aliphatic carbocycles. The number of carbonyl (C=O) groups excluding carboxylic acids is 1. The van der Waals surface area contributed by atoms with Gasteiger partial charge in [0.15, 0.2) is 0 Å². The molecule has 10 heavy (non-hydrogen) atoms. The van der Waals surface area contributed by atoms with Gasteiger partial charge in [0.05, 0.1) is 6.26 Å². The van der Waals surface area contributed by atoms with Gasteiger partial charge in [-0.2, -0.15) is 0 Å². The van der Waals surface area contributed by atoms with Gasteiger partial charge >= 0.3 is 5.97 Å². The molecule has 0 saturated heterocycles. The van der Waals surface area contributed by atoms with E-state index in [-0.39, 0.29) is 10.8 Å². The number of hydrogen-bond donors (Lipinski definition) is 0. The molecule has 0 spiro atoms. The van der Waals surface area contributed by atoms with Crippen molar-refractivity contribution in [2.24, 2.45) is 0 Å². The molecule has 58 valence electrons. The molecular formula is C7H11BrO2. The van der Waals surface area contributed by atoms with Crippen LogP contribution in [0.5, 0.6) is 0 Å². The third-order valence-electron chi connectivity index (χ3n) is 0.997. The second kappa shape index (κ2) is 5.47. The Morgan fingerprint density at radius 2 is 2.50 bits per heavy atom. The van der Waals surface area contributed by atoms with Crippen molar-refractivity contribution in [3.63, 3.8) is 0 Å². The maximum absolute atomic E-state index is 10.8. The summed E-state index contributed by atoms with van der Waals surface area (Å²) in [6, 6.07) is 0. The van der Waals surface area contributed by atoms with Crippen molar-refractivity contribution in [1.82, 2.24) is 0 Å². The fourth-order valence-electron chi connectivity index (χ4n) is 0.527. The molecule has 0 aliphatic rings. The second-order valence-corrected chi connectivity index (χ2v) is 2.97. The fraction of sp³-hybridized carbons (Fsp3) is 0.571. The summed E-state index contributed by atoms with van der Waals surface area (Å²) in [7, 11) is 0. The number of ether oxygens (including phenoxy) is 1. The van der Waals surface area contributed by atoms with Crippen LogP contribution in [-0.4, -0.2) is 10.8 Å². The van der Waals surface area contributed by atoms with Crippen LogP contribution in [0.3, 0.4) is 0 Å².